The fraction of sp³-hybridized carbons (Fsp3) is 0.129. The summed E-state index contributed by atoms with van der Waals surface area (Å²) in [6.45, 7) is 3.09. The number of benzene rings is 5. The van der Waals surface area contributed by atoms with Gasteiger partial charge in [-0.05, 0) is 160 Å². The molecule has 4 aromatic heterocycles. The van der Waals surface area contributed by atoms with Gasteiger partial charge < -0.3 is 40.5 Å². The van der Waals surface area contributed by atoms with E-state index in [9.17, 15) is 28.8 Å². The molecule has 0 aliphatic rings. The largest absolute Gasteiger partial charge is 0.485 e. The van der Waals surface area contributed by atoms with Crippen LogP contribution < -0.4 is 40.5 Å². The lowest BCUT2D eigenvalue weighted by molar-refractivity contribution is -0.122. The van der Waals surface area contributed by atoms with Gasteiger partial charge in [-0.15, -0.1) is 0 Å². The molecule has 0 saturated heterocycles. The molecule has 0 aliphatic heterocycles. The Labute approximate surface area is 530 Å². The summed E-state index contributed by atoms with van der Waals surface area (Å²) in [6.07, 6.45) is 9.38. The van der Waals surface area contributed by atoms with Crippen LogP contribution in [-0.2, 0) is 32.4 Å². The summed E-state index contributed by atoms with van der Waals surface area (Å²) in [6, 6.07) is 33.3. The molecular formula is C62H50Br2Cl4N10O8. The summed E-state index contributed by atoms with van der Waals surface area (Å²) >= 11 is 33.7. The van der Waals surface area contributed by atoms with E-state index in [1.54, 1.807) is 115 Å². The molecule has 86 heavy (non-hydrogen) atoms. The monoisotopic (exact) mass is 1360 g/mol. The van der Waals surface area contributed by atoms with Crippen LogP contribution in [0.4, 0.5) is 22.7 Å². The molecule has 0 unspecified atom stereocenters. The van der Waals surface area contributed by atoms with Gasteiger partial charge in [-0.2, -0.15) is 0 Å². The van der Waals surface area contributed by atoms with Crippen LogP contribution in [0.2, 0.25) is 20.1 Å². The Morgan fingerprint density at radius 3 is 1.34 bits per heavy atom. The molecule has 0 saturated carbocycles. The van der Waals surface area contributed by atoms with E-state index in [1.165, 1.54) is 42.1 Å². The topological polar surface area (TPSA) is 210 Å². The lowest BCUT2D eigenvalue weighted by Gasteiger charge is -2.21. The van der Waals surface area contributed by atoms with Crippen molar-refractivity contribution in [2.45, 2.75) is 27.1 Å². The minimum atomic E-state index is -0.519. The number of hydrogen-bond donors (Lipinski definition) is 4. The quantitative estimate of drug-likeness (QED) is 0.0530. The number of nitrogens with one attached hydrogen (secondary N) is 4. The van der Waals surface area contributed by atoms with Crippen LogP contribution in [0.15, 0.2) is 155 Å². The zero-order valence-electron chi connectivity index (χ0n) is 46.1. The summed E-state index contributed by atoms with van der Waals surface area (Å²) in [5.74, 6) is -1.82. The molecule has 9 aromatic rings. The van der Waals surface area contributed by atoms with Gasteiger partial charge in [0.05, 0.1) is 45.9 Å². The molecule has 6 amide bonds. The molecule has 0 aliphatic carbocycles. The van der Waals surface area contributed by atoms with Gasteiger partial charge in [0.25, 0.3) is 11.8 Å². The van der Waals surface area contributed by atoms with Crippen molar-refractivity contribution in [3.8, 4) is 11.5 Å². The number of carbonyl (C=O) groups excluding carboxylic acids is 6. The molecule has 0 bridgehead atoms. The Bertz CT molecular complexity index is 3930. The average Bonchev–Trinajstić information content (AvgIpc) is 3.25. The Hall–Kier alpha value is -8.50. The molecule has 0 radical (unpaired) electrons. The minimum Gasteiger partial charge on any atom is -0.485 e. The molecule has 4 N–H and O–H groups in total. The standard InChI is InChI=1S/C62H50Br2Cl4N10O8/c1-35-57(63)77-28-6-10-49(59(77)71-35)85-33-43-45(65)22-24-47(55(43)67)75(3)53(81)31-69-51(79)26-16-37-12-18-41(19-13-37)73-61(83)39-8-5-9-40(30-39)62(84)74-42-20-14-38(15-21-42)17-27-52(80)70-32-54(82)76(4)48-25-23-46(66)44(56(48)68)34-86-50-11-7-29-78-58(64)36(2)72-60(50)78/h5-30H,31-34H2,1-4H3,(H,69,79)(H,70,80)(H,73,83)(H,74,84)/b26-16+,27-17+. The van der Waals surface area contributed by atoms with Crippen molar-refractivity contribution < 1.29 is 38.2 Å². The highest BCUT2D eigenvalue weighted by molar-refractivity contribution is 9.10. The summed E-state index contributed by atoms with van der Waals surface area (Å²) < 4.78 is 17.5. The number of hydrogen-bond acceptors (Lipinski definition) is 10. The predicted molar refractivity (Wildman–Crippen MR) is 343 cm³/mol. The Morgan fingerprint density at radius 1 is 0.547 bits per heavy atom. The number of ether oxygens (including phenoxy) is 2. The number of nitrogens with zero attached hydrogens (tertiary/aromatic N) is 6. The van der Waals surface area contributed by atoms with Crippen molar-refractivity contribution in [1.82, 2.24) is 29.4 Å². The number of rotatable bonds is 20. The fourth-order valence-corrected chi connectivity index (χ4v) is 10.6. The van der Waals surface area contributed by atoms with Crippen LogP contribution in [0.3, 0.4) is 0 Å². The highest BCUT2D eigenvalue weighted by Crippen LogP contribution is 2.37. The third-order valence-electron chi connectivity index (χ3n) is 13.4. The second kappa shape index (κ2) is 27.7. The van der Waals surface area contributed by atoms with Gasteiger partial charge in [0, 0.05) is 82.3 Å². The molecule has 5 aromatic carbocycles. The highest BCUT2D eigenvalue weighted by atomic mass is 79.9. The summed E-state index contributed by atoms with van der Waals surface area (Å²) in [4.78, 5) is 90.4. The number of likely N-dealkylation sites (N-methyl/N-ethyl adjacent to an activating group) is 2. The van der Waals surface area contributed by atoms with Gasteiger partial charge >= 0.3 is 0 Å². The van der Waals surface area contributed by atoms with Crippen LogP contribution in [0.1, 0.15) is 54.4 Å². The van der Waals surface area contributed by atoms with Crippen LogP contribution in [-0.4, -0.2) is 81.4 Å². The number of anilines is 4. The molecule has 0 spiro atoms. The van der Waals surface area contributed by atoms with E-state index in [-0.39, 0.29) is 47.5 Å². The van der Waals surface area contributed by atoms with Crippen molar-refractivity contribution in [1.29, 1.82) is 0 Å². The van der Waals surface area contributed by atoms with Gasteiger partial charge in [0.1, 0.15) is 22.4 Å². The molecule has 0 atom stereocenters. The molecule has 18 nitrogen and oxygen atoms in total. The lowest BCUT2D eigenvalue weighted by Crippen LogP contribution is -2.37. The third kappa shape index (κ3) is 14.6. The second-order valence-electron chi connectivity index (χ2n) is 19.1. The maximum atomic E-state index is 13.3. The van der Waals surface area contributed by atoms with Crippen molar-refractivity contribution in [2.24, 2.45) is 0 Å². The molecule has 4 heterocycles. The van der Waals surface area contributed by atoms with E-state index in [2.05, 4.69) is 63.1 Å². The Balaban J connectivity index is 0.700. The zero-order chi connectivity index (χ0) is 61.3. The number of aryl methyl sites for hydroxylation is 2. The van der Waals surface area contributed by atoms with E-state index in [1.807, 2.05) is 47.2 Å². The van der Waals surface area contributed by atoms with Crippen LogP contribution in [0.25, 0.3) is 23.4 Å². The number of halogens is 6. The molecule has 9 rings (SSSR count). The molecule has 0 fully saturated rings. The number of pyridine rings is 2. The van der Waals surface area contributed by atoms with E-state index < -0.39 is 35.4 Å². The summed E-state index contributed by atoms with van der Waals surface area (Å²) in [5.41, 5.74) is 7.13. The number of imidazole rings is 2. The SMILES string of the molecule is Cc1nc2c(OCc3c(Cl)ccc(N(C)C(=O)CNC(=O)/C=C/c4ccc(NC(=O)c5cccc(C(=O)Nc6ccc(/C=C/C(=O)NCC(=O)N(C)c7ccc(Cl)c(COc8cccn9c(Br)c(C)nc89)c7Cl)cc6)c5)cc4)c3Cl)cccn2c1Br. The van der Waals surface area contributed by atoms with E-state index >= 15 is 0 Å². The maximum Gasteiger partial charge on any atom is 0.255 e. The Morgan fingerprint density at radius 2 is 0.942 bits per heavy atom. The van der Waals surface area contributed by atoms with E-state index in [4.69, 9.17) is 55.9 Å². The van der Waals surface area contributed by atoms with Crippen molar-refractivity contribution in [2.75, 3.05) is 47.6 Å². The van der Waals surface area contributed by atoms with Crippen molar-refractivity contribution in [3.63, 3.8) is 0 Å². The second-order valence-corrected chi connectivity index (χ2v) is 22.2. The van der Waals surface area contributed by atoms with Crippen molar-refractivity contribution in [3.05, 3.63) is 220 Å². The summed E-state index contributed by atoms with van der Waals surface area (Å²) in [5, 5.41) is 11.9. The van der Waals surface area contributed by atoms with E-state index in [0.717, 1.165) is 20.6 Å². The van der Waals surface area contributed by atoms with Gasteiger partial charge in [0.15, 0.2) is 22.8 Å². The summed E-state index contributed by atoms with van der Waals surface area (Å²) in [7, 11) is 3.07. The van der Waals surface area contributed by atoms with Crippen LogP contribution in [0, 0.1) is 13.8 Å². The lowest BCUT2D eigenvalue weighted by atomic mass is 10.1. The third-order valence-corrected chi connectivity index (χ3v) is 16.8. The molecular weight excluding hydrogens is 1310 g/mol. The van der Waals surface area contributed by atoms with Gasteiger partial charge in [-0.3, -0.25) is 37.6 Å². The maximum absolute atomic E-state index is 13.3. The predicted octanol–water partition coefficient (Wildman–Crippen LogP) is 13.0. The Kier molecular flexibility index (Phi) is 20.0. The number of fused-ring (bicyclic) bond motifs is 2. The first kappa shape index (κ1) is 62.0. The number of amides is 6. The zero-order valence-corrected chi connectivity index (χ0v) is 52.3. The normalized spacial score (nSPS) is 11.3. The van der Waals surface area contributed by atoms with Gasteiger partial charge in [0.2, 0.25) is 23.6 Å². The first-order valence-electron chi connectivity index (χ1n) is 26.1. The van der Waals surface area contributed by atoms with Crippen molar-refractivity contribution >= 4 is 160 Å². The first-order chi connectivity index (χ1) is 41.2. The molecule has 24 heteroatoms. The van der Waals surface area contributed by atoms with E-state index in [0.29, 0.717) is 77.8 Å². The fourth-order valence-electron chi connectivity index (χ4n) is 8.59. The van der Waals surface area contributed by atoms with Gasteiger partial charge in [-0.1, -0.05) is 76.7 Å². The first-order valence-corrected chi connectivity index (χ1v) is 29.2. The highest BCUT2D eigenvalue weighted by Gasteiger charge is 2.23. The molecule has 438 valence electrons. The number of aromatic nitrogens is 4. The van der Waals surface area contributed by atoms with Crippen LogP contribution >= 0.6 is 78.3 Å². The average molecular weight is 1360 g/mol. The van der Waals surface area contributed by atoms with Gasteiger partial charge in [-0.25, -0.2) is 9.97 Å². The number of carbonyl (C=O) groups is 6. The minimum absolute atomic E-state index is 0.00136. The smallest absolute Gasteiger partial charge is 0.255 e. The van der Waals surface area contributed by atoms with Crippen LogP contribution in [0.5, 0.6) is 11.5 Å².